The molecule has 0 fully saturated rings. The van der Waals surface area contributed by atoms with E-state index in [-0.39, 0.29) is 16.3 Å². The van der Waals surface area contributed by atoms with Crippen molar-refractivity contribution in [3.63, 3.8) is 0 Å². The highest BCUT2D eigenvalue weighted by Crippen LogP contribution is 2.46. The largest absolute Gasteiger partial charge is 0.478 e. The highest BCUT2D eigenvalue weighted by atomic mass is 28.4. The lowest BCUT2D eigenvalue weighted by Gasteiger charge is -2.46. The van der Waals surface area contributed by atoms with E-state index in [9.17, 15) is 28.3 Å². The zero-order chi connectivity index (χ0) is 28.1. The van der Waals surface area contributed by atoms with E-state index in [1.165, 1.54) is 24.3 Å². The van der Waals surface area contributed by atoms with Crippen molar-refractivity contribution in [1.29, 1.82) is 0 Å². The molecule has 1 aliphatic heterocycles. The van der Waals surface area contributed by atoms with Crippen LogP contribution in [0.1, 0.15) is 73.9 Å². The molecule has 1 heterocycles. The summed E-state index contributed by atoms with van der Waals surface area (Å²) in [6.07, 6.45) is -2.28. The average molecular weight is 534 g/mol. The van der Waals surface area contributed by atoms with Gasteiger partial charge in [-0.05, 0) is 68.7 Å². The summed E-state index contributed by atoms with van der Waals surface area (Å²) in [4.78, 5) is 40.8. The third kappa shape index (κ3) is 5.75. The van der Waals surface area contributed by atoms with Crippen LogP contribution in [0.2, 0.25) is 18.1 Å². The van der Waals surface area contributed by atoms with Crippen molar-refractivity contribution in [3.8, 4) is 0 Å². The van der Waals surface area contributed by atoms with Gasteiger partial charge in [0.2, 0.25) is 0 Å². The molecule has 0 bridgehead atoms. The van der Waals surface area contributed by atoms with Crippen molar-refractivity contribution in [2.75, 3.05) is 4.90 Å². The van der Waals surface area contributed by atoms with Gasteiger partial charge in [0.1, 0.15) is 23.3 Å². The van der Waals surface area contributed by atoms with Gasteiger partial charge in [0.25, 0.3) is 0 Å². The summed E-state index contributed by atoms with van der Waals surface area (Å²) in [6, 6.07) is 5.69. The average Bonchev–Trinajstić information content (AvgIpc) is 2.73. The van der Waals surface area contributed by atoms with Crippen molar-refractivity contribution in [2.45, 2.75) is 77.4 Å². The predicted molar refractivity (Wildman–Crippen MR) is 138 cm³/mol. The zero-order valence-electron chi connectivity index (χ0n) is 22.3. The first-order chi connectivity index (χ1) is 16.8. The van der Waals surface area contributed by atoms with E-state index in [4.69, 9.17) is 9.16 Å². The van der Waals surface area contributed by atoms with Crippen LogP contribution in [0.25, 0.3) is 0 Å². The lowest BCUT2D eigenvalue weighted by molar-refractivity contribution is 0.0479. The van der Waals surface area contributed by atoms with Crippen LogP contribution in [-0.4, -0.2) is 43.0 Å². The topological polar surface area (TPSA) is 93.1 Å². The van der Waals surface area contributed by atoms with Gasteiger partial charge in [-0.1, -0.05) is 32.9 Å². The van der Waals surface area contributed by atoms with Gasteiger partial charge in [0, 0.05) is 0 Å². The quantitative estimate of drug-likeness (QED) is 0.438. The van der Waals surface area contributed by atoms with Crippen LogP contribution in [0.3, 0.4) is 0 Å². The summed E-state index contributed by atoms with van der Waals surface area (Å²) in [5, 5.41) is 9.48. The van der Waals surface area contributed by atoms with Gasteiger partial charge in [-0.25, -0.2) is 18.4 Å². The molecule has 0 saturated heterocycles. The molecule has 2 unspecified atom stereocenters. The van der Waals surface area contributed by atoms with Crippen LogP contribution < -0.4 is 4.90 Å². The van der Waals surface area contributed by atoms with E-state index in [0.29, 0.717) is 5.56 Å². The fraction of sp³-hybridized carbons (Fsp3) is 0.444. The van der Waals surface area contributed by atoms with Crippen molar-refractivity contribution < 1.29 is 37.4 Å². The number of anilines is 1. The number of fused-ring (bicyclic) bond motifs is 1. The summed E-state index contributed by atoms with van der Waals surface area (Å²) in [5.41, 5.74) is -1.81. The Bertz CT molecular complexity index is 1230. The van der Waals surface area contributed by atoms with E-state index in [2.05, 4.69) is 0 Å². The van der Waals surface area contributed by atoms with Gasteiger partial charge in [0.05, 0.1) is 22.9 Å². The number of aromatic carboxylic acids is 1. The number of benzene rings is 2. The Morgan fingerprint density at radius 2 is 1.54 bits per heavy atom. The van der Waals surface area contributed by atoms with Crippen LogP contribution in [-0.2, 0) is 9.16 Å². The molecule has 1 N–H and O–H groups in total. The molecule has 2 aromatic rings. The Morgan fingerprint density at radius 1 is 0.973 bits per heavy atom. The molecule has 10 heteroatoms. The Hall–Kier alpha value is -3.11. The second kappa shape index (κ2) is 9.64. The van der Waals surface area contributed by atoms with E-state index in [1.54, 1.807) is 20.8 Å². The molecule has 0 spiro atoms. The number of carbonyl (C=O) groups excluding carboxylic acids is 2. The van der Waals surface area contributed by atoms with Gasteiger partial charge in [0.15, 0.2) is 14.1 Å². The van der Waals surface area contributed by atoms with E-state index in [0.717, 1.165) is 17.0 Å². The normalized spacial score (nSPS) is 18.4. The van der Waals surface area contributed by atoms with Crippen molar-refractivity contribution in [3.05, 3.63) is 64.7 Å². The van der Waals surface area contributed by atoms with Crippen molar-refractivity contribution in [1.82, 2.24) is 0 Å². The molecular weight excluding hydrogens is 500 g/mol. The van der Waals surface area contributed by atoms with Crippen LogP contribution >= 0.6 is 0 Å². The number of ether oxygens (including phenoxy) is 1. The molecule has 0 aromatic heterocycles. The molecule has 1 amide bonds. The molecule has 0 aliphatic carbocycles. The molecule has 1 aliphatic rings. The van der Waals surface area contributed by atoms with Gasteiger partial charge < -0.3 is 14.3 Å². The second-order valence-corrected chi connectivity index (χ2v) is 16.4. The maximum Gasteiger partial charge on any atom is 0.415 e. The highest BCUT2D eigenvalue weighted by molar-refractivity contribution is 6.74. The van der Waals surface area contributed by atoms with Crippen LogP contribution in [0, 0.1) is 11.6 Å². The maximum atomic E-state index is 14.7. The molecule has 0 saturated carbocycles. The fourth-order valence-electron chi connectivity index (χ4n) is 3.90. The number of hydrogen-bond donors (Lipinski definition) is 1. The van der Waals surface area contributed by atoms with Gasteiger partial charge in [-0.3, -0.25) is 9.69 Å². The number of amides is 1. The number of hydrogen-bond acceptors (Lipinski definition) is 5. The van der Waals surface area contributed by atoms with E-state index in [1.807, 2.05) is 33.9 Å². The first-order valence-electron chi connectivity index (χ1n) is 11.9. The number of carboxylic acid groups (broad SMARTS) is 1. The lowest BCUT2D eigenvalue weighted by atomic mass is 9.85. The van der Waals surface area contributed by atoms with Gasteiger partial charge in [-0.2, -0.15) is 0 Å². The number of rotatable bonds is 4. The fourth-order valence-corrected chi connectivity index (χ4v) is 5.12. The lowest BCUT2D eigenvalue weighted by Crippen LogP contribution is -2.55. The molecule has 3 rings (SSSR count). The van der Waals surface area contributed by atoms with Crippen LogP contribution in [0.4, 0.5) is 19.3 Å². The zero-order valence-corrected chi connectivity index (χ0v) is 23.3. The minimum Gasteiger partial charge on any atom is -0.478 e. The Kier molecular flexibility index (Phi) is 7.42. The minimum atomic E-state index is -2.70. The Labute approximate surface area is 216 Å². The second-order valence-electron chi connectivity index (χ2n) is 11.7. The molecule has 7 nitrogen and oxygen atoms in total. The predicted octanol–water partition coefficient (Wildman–Crippen LogP) is 6.73. The highest BCUT2D eigenvalue weighted by Gasteiger charge is 2.51. The maximum absolute atomic E-state index is 14.7. The molecular formula is C27H33F2NO6Si. The third-order valence-corrected chi connectivity index (χ3v) is 11.1. The SMILES string of the molecule is CC(C)(C)OC(=O)N1c2cc(F)cc(C(=O)O)c2C(=O)C(O[Si](C)(C)C(C)(C)C)C1c1ccc(F)cc1. The number of carbonyl (C=O) groups is 3. The first kappa shape index (κ1) is 28.5. The molecule has 200 valence electrons. The van der Waals surface area contributed by atoms with Crippen LogP contribution in [0.15, 0.2) is 36.4 Å². The molecule has 37 heavy (non-hydrogen) atoms. The summed E-state index contributed by atoms with van der Waals surface area (Å²) in [6.45, 7) is 14.7. The number of ketones is 1. The number of carboxylic acids is 1. The summed E-state index contributed by atoms with van der Waals surface area (Å²) >= 11 is 0. The molecule has 2 atom stereocenters. The smallest absolute Gasteiger partial charge is 0.415 e. The molecule has 0 radical (unpaired) electrons. The van der Waals surface area contributed by atoms with Crippen molar-refractivity contribution >= 4 is 31.9 Å². The Balaban J connectivity index is 2.39. The van der Waals surface area contributed by atoms with Crippen LogP contribution in [0.5, 0.6) is 0 Å². The van der Waals surface area contributed by atoms with E-state index >= 15 is 0 Å². The monoisotopic (exact) mass is 533 g/mol. The van der Waals surface area contributed by atoms with E-state index < -0.39 is 61.1 Å². The van der Waals surface area contributed by atoms with Crippen molar-refractivity contribution in [2.24, 2.45) is 0 Å². The number of halogens is 2. The number of nitrogens with zero attached hydrogens (tertiary/aromatic N) is 1. The third-order valence-electron chi connectivity index (χ3n) is 6.67. The summed E-state index contributed by atoms with van der Waals surface area (Å²) in [5.74, 6) is -3.71. The van der Waals surface area contributed by atoms with Gasteiger partial charge >= 0.3 is 12.1 Å². The molecule has 2 aromatic carbocycles. The minimum absolute atomic E-state index is 0.249. The standard InChI is InChI=1S/C27H33F2NO6Si/c1-26(2,3)35-25(34)30-19-14-17(29)13-18(24(32)33)20(19)22(31)23(36-37(7,8)27(4,5)6)21(30)15-9-11-16(28)12-10-15/h9-14,21,23H,1-8H3,(H,32,33). The summed E-state index contributed by atoms with van der Waals surface area (Å²) < 4.78 is 40.7. The number of Topliss-reactive ketones (excluding diaryl/α,β-unsaturated/α-hetero) is 1. The first-order valence-corrected chi connectivity index (χ1v) is 14.8. The summed E-state index contributed by atoms with van der Waals surface area (Å²) in [7, 11) is -2.70. The van der Waals surface area contributed by atoms with Gasteiger partial charge in [-0.15, -0.1) is 0 Å². The Morgan fingerprint density at radius 3 is 2.03 bits per heavy atom.